The van der Waals surface area contributed by atoms with Gasteiger partial charge in [-0.25, -0.2) is 9.89 Å². The Balaban J connectivity index is 1.95. The summed E-state index contributed by atoms with van der Waals surface area (Å²) in [7, 11) is 0. The summed E-state index contributed by atoms with van der Waals surface area (Å²) < 4.78 is 4.76. The van der Waals surface area contributed by atoms with Crippen LogP contribution in [0.2, 0.25) is 0 Å². The summed E-state index contributed by atoms with van der Waals surface area (Å²) in [6.07, 6.45) is 1.75. The highest BCUT2D eigenvalue weighted by Gasteiger charge is 2.02. The molecule has 0 fully saturated rings. The minimum Gasteiger partial charge on any atom is -0.364 e. The molecule has 16 heavy (non-hydrogen) atoms. The zero-order chi connectivity index (χ0) is 11.4. The van der Waals surface area contributed by atoms with Gasteiger partial charge in [-0.2, -0.15) is 4.98 Å². The van der Waals surface area contributed by atoms with E-state index in [0.717, 1.165) is 0 Å². The van der Waals surface area contributed by atoms with Crippen molar-refractivity contribution >= 4 is 5.82 Å². The molecule has 0 saturated carbocycles. The topological polar surface area (TPSA) is 130 Å². The number of aromatic amines is 2. The highest BCUT2D eigenvalue weighted by Crippen LogP contribution is 1.93. The highest BCUT2D eigenvalue weighted by atomic mass is 16.5. The van der Waals surface area contributed by atoms with Crippen molar-refractivity contribution < 1.29 is 4.52 Å². The average Bonchev–Trinajstić information content (AvgIpc) is 2.74. The summed E-state index contributed by atoms with van der Waals surface area (Å²) in [5.74, 6) is 0.493. The first-order valence-electron chi connectivity index (χ1n) is 4.44. The normalized spacial score (nSPS) is 10.2. The molecule has 2 rings (SSSR count). The molecule has 0 unspecified atom stereocenters. The molecule has 0 aliphatic carbocycles. The van der Waals surface area contributed by atoms with Gasteiger partial charge in [-0.15, -0.1) is 5.10 Å². The molecule has 9 heteroatoms. The smallest absolute Gasteiger partial charge is 0.342 e. The number of anilines is 1. The van der Waals surface area contributed by atoms with Crippen LogP contribution in [-0.2, 0) is 6.42 Å². The zero-order valence-corrected chi connectivity index (χ0v) is 8.06. The van der Waals surface area contributed by atoms with Crippen molar-refractivity contribution in [1.82, 2.24) is 25.3 Å². The van der Waals surface area contributed by atoms with Gasteiger partial charge in [0.1, 0.15) is 0 Å². The van der Waals surface area contributed by atoms with E-state index in [1.54, 1.807) is 0 Å². The van der Waals surface area contributed by atoms with Crippen molar-refractivity contribution in [3.05, 3.63) is 33.1 Å². The second-order valence-electron chi connectivity index (χ2n) is 2.87. The van der Waals surface area contributed by atoms with E-state index in [1.165, 1.54) is 6.33 Å². The lowest BCUT2D eigenvalue weighted by Crippen LogP contribution is -2.27. The van der Waals surface area contributed by atoms with Gasteiger partial charge >= 0.3 is 5.69 Å². The number of nitrogens with zero attached hydrogens (tertiary/aromatic N) is 3. The first-order valence-corrected chi connectivity index (χ1v) is 4.44. The van der Waals surface area contributed by atoms with Gasteiger partial charge in [-0.1, -0.05) is 5.16 Å². The molecule has 0 amide bonds. The minimum atomic E-state index is -0.646. The Bertz CT molecular complexity index is 556. The number of rotatable bonds is 4. The fourth-order valence-corrected chi connectivity index (χ4v) is 1.06. The number of H-pyrrole nitrogens is 2. The predicted octanol–water partition coefficient (Wildman–Crippen LogP) is -1.50. The molecule has 0 atom stereocenters. The third-order valence-corrected chi connectivity index (χ3v) is 1.75. The second kappa shape index (κ2) is 4.38. The molecule has 0 bridgehead atoms. The summed E-state index contributed by atoms with van der Waals surface area (Å²) in [6.45, 7) is 0.393. The first kappa shape index (κ1) is 10.1. The van der Waals surface area contributed by atoms with Crippen LogP contribution in [0.3, 0.4) is 0 Å². The van der Waals surface area contributed by atoms with Crippen LogP contribution in [0.1, 0.15) is 5.89 Å². The third kappa shape index (κ3) is 2.32. The van der Waals surface area contributed by atoms with Gasteiger partial charge < -0.3 is 9.84 Å². The quantitative estimate of drug-likeness (QED) is 0.575. The van der Waals surface area contributed by atoms with Crippen molar-refractivity contribution in [1.29, 1.82) is 0 Å². The van der Waals surface area contributed by atoms with Gasteiger partial charge in [0.05, 0.1) is 0 Å². The van der Waals surface area contributed by atoms with Gasteiger partial charge in [0.15, 0.2) is 6.33 Å². The van der Waals surface area contributed by atoms with Crippen LogP contribution in [-0.4, -0.2) is 31.9 Å². The summed E-state index contributed by atoms with van der Waals surface area (Å²) in [5, 5.41) is 11.8. The molecule has 9 nitrogen and oxygen atoms in total. The van der Waals surface area contributed by atoms with E-state index < -0.39 is 11.2 Å². The maximum atomic E-state index is 11.2. The Morgan fingerprint density at radius 2 is 2.31 bits per heavy atom. The Morgan fingerprint density at radius 3 is 3.00 bits per heavy atom. The van der Waals surface area contributed by atoms with Crippen LogP contribution < -0.4 is 16.6 Å². The summed E-state index contributed by atoms with van der Waals surface area (Å²) in [5.41, 5.74) is -1.22. The molecule has 0 saturated heterocycles. The van der Waals surface area contributed by atoms with Gasteiger partial charge in [0.25, 0.3) is 5.56 Å². The van der Waals surface area contributed by atoms with E-state index in [1.807, 2.05) is 4.98 Å². The van der Waals surface area contributed by atoms with Gasteiger partial charge in [0, 0.05) is 13.0 Å². The van der Waals surface area contributed by atoms with E-state index in [9.17, 15) is 9.59 Å². The Hall–Kier alpha value is -2.45. The molecule has 0 spiro atoms. The van der Waals surface area contributed by atoms with Crippen LogP contribution in [0.15, 0.2) is 20.4 Å². The third-order valence-electron chi connectivity index (χ3n) is 1.75. The van der Waals surface area contributed by atoms with Crippen molar-refractivity contribution in [3.8, 4) is 0 Å². The molecule has 2 aromatic heterocycles. The Labute approximate surface area is 87.9 Å². The minimum absolute atomic E-state index is 0.0408. The monoisotopic (exact) mass is 224 g/mol. The lowest BCUT2D eigenvalue weighted by atomic mass is 10.4. The van der Waals surface area contributed by atoms with Crippen molar-refractivity contribution in [3.63, 3.8) is 0 Å². The predicted molar refractivity (Wildman–Crippen MR) is 52.0 cm³/mol. The summed E-state index contributed by atoms with van der Waals surface area (Å²) >= 11 is 0. The van der Waals surface area contributed by atoms with Crippen LogP contribution >= 0.6 is 0 Å². The van der Waals surface area contributed by atoms with Gasteiger partial charge in [-0.3, -0.25) is 9.78 Å². The van der Waals surface area contributed by atoms with Crippen molar-refractivity contribution in [2.24, 2.45) is 0 Å². The molecular formula is C7H8N6O3. The zero-order valence-electron chi connectivity index (χ0n) is 8.06. The molecule has 0 aliphatic rings. The van der Waals surface area contributed by atoms with Crippen molar-refractivity contribution in [2.75, 3.05) is 11.9 Å². The molecule has 0 aliphatic heterocycles. The fraction of sp³-hybridized carbons (Fsp3) is 0.286. The summed E-state index contributed by atoms with van der Waals surface area (Å²) in [6, 6.07) is 0. The molecule has 84 valence electrons. The molecule has 0 aromatic carbocycles. The lowest BCUT2D eigenvalue weighted by molar-refractivity contribution is 0.379. The van der Waals surface area contributed by atoms with E-state index >= 15 is 0 Å². The molecule has 2 heterocycles. The first-order chi connectivity index (χ1) is 7.75. The van der Waals surface area contributed by atoms with E-state index in [4.69, 9.17) is 4.52 Å². The average molecular weight is 224 g/mol. The number of aromatic nitrogens is 5. The lowest BCUT2D eigenvalue weighted by Gasteiger charge is -2.00. The molecule has 2 aromatic rings. The van der Waals surface area contributed by atoms with E-state index in [2.05, 4.69) is 25.7 Å². The second-order valence-corrected chi connectivity index (χ2v) is 2.87. The SMILES string of the molecule is O=c1[nH]nc(NCCc2ncno2)c(=O)[nH]1. The standard InChI is InChI=1S/C7H8N6O3/c14-6-5(12-13-7(15)11-6)8-2-1-4-9-3-10-16-4/h3H,1-2H2,(H,8,12)(H2,11,13,14,15). The Kier molecular flexibility index (Phi) is 2.76. The van der Waals surface area contributed by atoms with Crippen LogP contribution in [0.5, 0.6) is 0 Å². The van der Waals surface area contributed by atoms with E-state index in [-0.39, 0.29) is 5.82 Å². The highest BCUT2D eigenvalue weighted by molar-refractivity contribution is 5.28. The van der Waals surface area contributed by atoms with Crippen molar-refractivity contribution in [2.45, 2.75) is 6.42 Å². The molecular weight excluding hydrogens is 216 g/mol. The molecule has 3 N–H and O–H groups in total. The largest absolute Gasteiger partial charge is 0.364 e. The van der Waals surface area contributed by atoms with Gasteiger partial charge in [0.2, 0.25) is 11.7 Å². The van der Waals surface area contributed by atoms with Crippen LogP contribution in [0.4, 0.5) is 5.82 Å². The van der Waals surface area contributed by atoms with Crippen LogP contribution in [0.25, 0.3) is 0 Å². The number of nitrogens with one attached hydrogen (secondary N) is 3. The number of hydrogen-bond acceptors (Lipinski definition) is 7. The van der Waals surface area contributed by atoms with Gasteiger partial charge in [-0.05, 0) is 0 Å². The fourth-order valence-electron chi connectivity index (χ4n) is 1.06. The van der Waals surface area contributed by atoms with E-state index in [0.29, 0.717) is 18.9 Å². The summed E-state index contributed by atoms with van der Waals surface area (Å²) in [4.78, 5) is 27.7. The maximum absolute atomic E-state index is 11.2. The molecule has 0 radical (unpaired) electrons. The number of hydrogen-bond donors (Lipinski definition) is 3. The maximum Gasteiger partial charge on any atom is 0.342 e. The van der Waals surface area contributed by atoms with Crippen LogP contribution in [0, 0.1) is 0 Å². The Morgan fingerprint density at radius 1 is 1.44 bits per heavy atom.